The first kappa shape index (κ1) is 11.8. The molecule has 0 fully saturated rings. The van der Waals surface area contributed by atoms with Crippen LogP contribution in [0, 0.1) is 0 Å². The molecule has 0 aliphatic carbocycles. The Hall–Kier alpha value is -1.26. The molecule has 1 aromatic rings. The smallest absolute Gasteiger partial charge is 0.153 e. The van der Waals surface area contributed by atoms with E-state index >= 15 is 0 Å². The van der Waals surface area contributed by atoms with Gasteiger partial charge in [0, 0.05) is 11.6 Å². The highest BCUT2D eigenvalue weighted by molar-refractivity contribution is 6.31. The van der Waals surface area contributed by atoms with E-state index in [0.29, 0.717) is 13.1 Å². The lowest BCUT2D eigenvalue weighted by molar-refractivity contribution is 0.308. The van der Waals surface area contributed by atoms with Crippen LogP contribution in [0.15, 0.2) is 29.4 Å². The number of benzene rings is 1. The summed E-state index contributed by atoms with van der Waals surface area (Å²) in [6.07, 6.45) is 0. The van der Waals surface area contributed by atoms with Crippen LogP contribution in [0.25, 0.3) is 0 Å². The van der Waals surface area contributed by atoms with Gasteiger partial charge in [0.25, 0.3) is 0 Å². The van der Waals surface area contributed by atoms with Gasteiger partial charge >= 0.3 is 0 Å². The number of halogens is 1. The second kappa shape index (κ2) is 5.58. The van der Waals surface area contributed by atoms with Gasteiger partial charge in [0.2, 0.25) is 0 Å². The Kier molecular flexibility index (Phi) is 4.39. The van der Waals surface area contributed by atoms with Crippen LogP contribution in [-0.2, 0) is 6.54 Å². The zero-order valence-corrected chi connectivity index (χ0v) is 9.28. The predicted octanol–water partition coefficient (Wildman–Crippen LogP) is 1.52. The summed E-state index contributed by atoms with van der Waals surface area (Å²) in [4.78, 5) is 1.91. The van der Waals surface area contributed by atoms with Crippen LogP contribution in [0.3, 0.4) is 0 Å². The van der Waals surface area contributed by atoms with E-state index in [4.69, 9.17) is 22.5 Å². The molecular weight excluding hydrogens is 214 g/mol. The van der Waals surface area contributed by atoms with Gasteiger partial charge in [0.15, 0.2) is 5.84 Å². The third-order valence-electron chi connectivity index (χ3n) is 1.96. The zero-order valence-electron chi connectivity index (χ0n) is 8.52. The molecule has 82 valence electrons. The average molecular weight is 228 g/mol. The topological polar surface area (TPSA) is 61.8 Å². The summed E-state index contributed by atoms with van der Waals surface area (Å²) >= 11 is 6.00. The summed E-state index contributed by atoms with van der Waals surface area (Å²) in [5.74, 6) is 0.185. The van der Waals surface area contributed by atoms with Gasteiger partial charge in [0.05, 0.1) is 6.54 Å². The van der Waals surface area contributed by atoms with E-state index in [1.807, 2.05) is 36.2 Å². The number of hydrogen-bond donors (Lipinski definition) is 2. The zero-order chi connectivity index (χ0) is 11.3. The van der Waals surface area contributed by atoms with Gasteiger partial charge in [-0.3, -0.25) is 4.90 Å². The first-order valence-electron chi connectivity index (χ1n) is 4.52. The predicted molar refractivity (Wildman–Crippen MR) is 61.2 cm³/mol. The van der Waals surface area contributed by atoms with E-state index in [2.05, 4.69) is 5.16 Å². The number of nitrogens with zero attached hydrogens (tertiary/aromatic N) is 2. The van der Waals surface area contributed by atoms with Crippen LogP contribution in [0.1, 0.15) is 5.56 Å². The average Bonchev–Trinajstić information content (AvgIpc) is 2.21. The summed E-state index contributed by atoms with van der Waals surface area (Å²) in [5.41, 5.74) is 6.41. The Bertz CT molecular complexity index is 354. The van der Waals surface area contributed by atoms with E-state index in [9.17, 15) is 0 Å². The second-order valence-electron chi connectivity index (χ2n) is 3.36. The van der Waals surface area contributed by atoms with Crippen molar-refractivity contribution in [1.82, 2.24) is 4.90 Å². The molecular formula is C10H14ClN3O. The van der Waals surface area contributed by atoms with Crippen LogP contribution in [0.4, 0.5) is 0 Å². The number of hydrogen-bond acceptors (Lipinski definition) is 3. The number of amidine groups is 1. The standard InChI is InChI=1S/C10H14ClN3O/c1-14(7-10(12)13-15)6-8-4-2-3-5-9(8)11/h2-5,15H,6-7H2,1H3,(H2,12,13). The highest BCUT2D eigenvalue weighted by Crippen LogP contribution is 2.16. The number of rotatable bonds is 4. The van der Waals surface area contributed by atoms with Crippen molar-refractivity contribution in [2.75, 3.05) is 13.6 Å². The normalized spacial score (nSPS) is 12.1. The monoisotopic (exact) mass is 227 g/mol. The van der Waals surface area contributed by atoms with E-state index < -0.39 is 0 Å². The maximum Gasteiger partial charge on any atom is 0.153 e. The molecule has 0 saturated carbocycles. The van der Waals surface area contributed by atoms with E-state index in [1.165, 1.54) is 0 Å². The Morgan fingerprint density at radius 1 is 1.53 bits per heavy atom. The summed E-state index contributed by atoms with van der Waals surface area (Å²) < 4.78 is 0. The van der Waals surface area contributed by atoms with Crippen molar-refractivity contribution >= 4 is 17.4 Å². The van der Waals surface area contributed by atoms with Crippen LogP contribution in [0.5, 0.6) is 0 Å². The number of likely N-dealkylation sites (N-methyl/N-ethyl adjacent to an activating group) is 1. The highest BCUT2D eigenvalue weighted by Gasteiger charge is 2.05. The highest BCUT2D eigenvalue weighted by atomic mass is 35.5. The van der Waals surface area contributed by atoms with E-state index in [1.54, 1.807) is 0 Å². The van der Waals surface area contributed by atoms with E-state index in [-0.39, 0.29) is 5.84 Å². The molecule has 5 heteroatoms. The van der Waals surface area contributed by atoms with Crippen LogP contribution in [-0.4, -0.2) is 29.5 Å². The first-order chi connectivity index (χ1) is 7.13. The molecule has 15 heavy (non-hydrogen) atoms. The van der Waals surface area contributed by atoms with Crippen molar-refractivity contribution in [3.63, 3.8) is 0 Å². The van der Waals surface area contributed by atoms with Crippen molar-refractivity contribution < 1.29 is 5.21 Å². The van der Waals surface area contributed by atoms with Crippen LogP contribution >= 0.6 is 11.6 Å². The SMILES string of the molecule is CN(CC(N)=NO)Cc1ccccc1Cl. The number of nitrogens with two attached hydrogens (primary N) is 1. The largest absolute Gasteiger partial charge is 0.409 e. The first-order valence-corrected chi connectivity index (χ1v) is 4.89. The molecule has 3 N–H and O–H groups in total. The van der Waals surface area contributed by atoms with Crippen molar-refractivity contribution in [2.45, 2.75) is 6.54 Å². The molecule has 0 saturated heterocycles. The van der Waals surface area contributed by atoms with Crippen molar-refractivity contribution in [3.05, 3.63) is 34.9 Å². The van der Waals surface area contributed by atoms with Crippen molar-refractivity contribution in [2.24, 2.45) is 10.9 Å². The fourth-order valence-corrected chi connectivity index (χ4v) is 1.48. The maximum absolute atomic E-state index is 8.41. The van der Waals surface area contributed by atoms with Gasteiger partial charge < -0.3 is 10.9 Å². The minimum atomic E-state index is 0.185. The molecule has 0 heterocycles. The van der Waals surface area contributed by atoms with Gasteiger partial charge in [-0.25, -0.2) is 0 Å². The number of oxime groups is 1. The Morgan fingerprint density at radius 3 is 2.80 bits per heavy atom. The minimum absolute atomic E-state index is 0.185. The molecule has 0 aromatic heterocycles. The van der Waals surface area contributed by atoms with Gasteiger partial charge in [-0.2, -0.15) is 0 Å². The molecule has 0 amide bonds. The molecule has 4 nitrogen and oxygen atoms in total. The lowest BCUT2D eigenvalue weighted by Gasteiger charge is -2.16. The van der Waals surface area contributed by atoms with Crippen LogP contribution < -0.4 is 5.73 Å². The molecule has 0 unspecified atom stereocenters. The second-order valence-corrected chi connectivity index (χ2v) is 3.76. The van der Waals surface area contributed by atoms with Gasteiger partial charge in [-0.1, -0.05) is 35.0 Å². The molecule has 1 aromatic carbocycles. The molecule has 0 aliphatic rings. The lowest BCUT2D eigenvalue weighted by Crippen LogP contribution is -2.30. The summed E-state index contributed by atoms with van der Waals surface area (Å²) in [6, 6.07) is 7.60. The third kappa shape index (κ3) is 3.77. The van der Waals surface area contributed by atoms with Crippen molar-refractivity contribution in [3.8, 4) is 0 Å². The fraction of sp³-hybridized carbons (Fsp3) is 0.300. The third-order valence-corrected chi connectivity index (χ3v) is 2.33. The summed E-state index contributed by atoms with van der Waals surface area (Å²) in [6.45, 7) is 1.07. The maximum atomic E-state index is 8.41. The summed E-state index contributed by atoms with van der Waals surface area (Å²) in [5, 5.41) is 12.1. The van der Waals surface area contributed by atoms with E-state index in [0.717, 1.165) is 10.6 Å². The molecule has 1 rings (SSSR count). The molecule has 0 radical (unpaired) electrons. The molecule has 0 atom stereocenters. The quantitative estimate of drug-likeness (QED) is 0.355. The molecule has 0 bridgehead atoms. The summed E-state index contributed by atoms with van der Waals surface area (Å²) in [7, 11) is 1.88. The Labute approximate surface area is 93.9 Å². The van der Waals surface area contributed by atoms with Gasteiger partial charge in [-0.05, 0) is 18.7 Å². The van der Waals surface area contributed by atoms with Gasteiger partial charge in [0.1, 0.15) is 0 Å². The Balaban J connectivity index is 2.59. The molecule has 0 aliphatic heterocycles. The minimum Gasteiger partial charge on any atom is -0.409 e. The van der Waals surface area contributed by atoms with Crippen molar-refractivity contribution in [1.29, 1.82) is 0 Å². The molecule has 0 spiro atoms. The fourth-order valence-electron chi connectivity index (χ4n) is 1.28. The lowest BCUT2D eigenvalue weighted by atomic mass is 10.2. The Morgan fingerprint density at radius 2 is 2.20 bits per heavy atom. The van der Waals surface area contributed by atoms with Gasteiger partial charge in [-0.15, -0.1) is 0 Å². The van der Waals surface area contributed by atoms with Crippen LogP contribution in [0.2, 0.25) is 5.02 Å².